The molecule has 0 saturated carbocycles. The van der Waals surface area contributed by atoms with E-state index in [0.29, 0.717) is 101 Å². The van der Waals surface area contributed by atoms with E-state index < -0.39 is 14.3 Å². The Bertz CT molecular complexity index is 4680. The summed E-state index contributed by atoms with van der Waals surface area (Å²) in [5.41, 5.74) is 17.8. The van der Waals surface area contributed by atoms with Crippen LogP contribution in [-0.4, -0.2) is 225 Å². The van der Waals surface area contributed by atoms with E-state index in [1.807, 2.05) is 66.4 Å². The number of aromatic nitrogens is 12. The highest BCUT2D eigenvalue weighted by atomic mass is 35.5. The van der Waals surface area contributed by atoms with Gasteiger partial charge in [0.1, 0.15) is 46.9 Å². The molecule has 4 fully saturated rings. The highest BCUT2D eigenvalue weighted by Crippen LogP contribution is 2.46. The fraction of sp³-hybridized carbons (Fsp3) is 0.400. The van der Waals surface area contributed by atoms with E-state index in [0.717, 1.165) is 98.9 Å². The average Bonchev–Trinajstić information content (AvgIpc) is 0.911. The summed E-state index contributed by atoms with van der Waals surface area (Å²) in [7, 11) is 6.19. The van der Waals surface area contributed by atoms with Crippen molar-refractivity contribution in [2.24, 2.45) is 14.1 Å². The normalized spacial score (nSPS) is 16.4. The number of ether oxygens (including phenoxy) is 2. The van der Waals surface area contributed by atoms with E-state index in [-0.39, 0.29) is 5.28 Å². The Labute approximate surface area is 604 Å². The average molecular weight is 1470 g/mol. The second-order valence-electron chi connectivity index (χ2n) is 26.7. The van der Waals surface area contributed by atoms with Gasteiger partial charge in [0.15, 0.2) is 11.6 Å². The van der Waals surface area contributed by atoms with Crippen molar-refractivity contribution in [2.45, 2.75) is 37.8 Å². The molecule has 4 aliphatic heterocycles. The van der Waals surface area contributed by atoms with Crippen LogP contribution in [0.3, 0.4) is 0 Å². The van der Waals surface area contributed by atoms with Crippen LogP contribution in [0.15, 0.2) is 110 Å². The van der Waals surface area contributed by atoms with Crippen LogP contribution in [-0.2, 0) is 23.2 Å². The van der Waals surface area contributed by atoms with Crippen LogP contribution in [0.1, 0.15) is 25.7 Å². The van der Waals surface area contributed by atoms with E-state index in [1.165, 1.54) is 57.1 Å². The highest BCUT2D eigenvalue weighted by Gasteiger charge is 2.32. The lowest BCUT2D eigenvalue weighted by atomic mass is 9.98. The highest BCUT2D eigenvalue weighted by molar-refractivity contribution is 7.71. The number of hydrogen-bond acceptors (Lipinski definition) is 24. The predicted molar refractivity (Wildman–Crippen MR) is 410 cm³/mol. The largest absolute Gasteiger partial charge is 0.495 e. The smallest absolute Gasteiger partial charge is 0.229 e. The molecule has 0 aliphatic carbocycles. The summed E-state index contributed by atoms with van der Waals surface area (Å²) in [6.07, 6.45) is 21.8. The van der Waals surface area contributed by atoms with Gasteiger partial charge in [-0.25, -0.2) is 9.97 Å². The summed E-state index contributed by atoms with van der Waals surface area (Å²) in [4.78, 5) is 49.7. The molecule has 31 heteroatoms. The summed E-state index contributed by atoms with van der Waals surface area (Å²) in [5.74, 6) is 2.41. The summed E-state index contributed by atoms with van der Waals surface area (Å²) in [6, 6.07) is 16.8. The molecule has 0 bridgehead atoms. The van der Waals surface area contributed by atoms with Gasteiger partial charge in [-0.1, -0.05) is 23.2 Å². The molecule has 10 aromatic rings. The van der Waals surface area contributed by atoms with Crippen molar-refractivity contribution in [3.05, 3.63) is 126 Å². The van der Waals surface area contributed by atoms with Crippen molar-refractivity contribution in [2.75, 3.05) is 165 Å². The molecule has 0 spiro atoms. The SMILES string of the molecule is COc1cc(N2CCC(N3CCN(C)CC3)CC2)c(-c2cnn(C)c2)cc1N.COc1cc(N2CCC(N3CCN(C)CC3)CC2)c(-c2cnn(C)c2)cc1Nc1ncc(Cl)c(Nc2ccc3nccnc3c2P(C)(C)=O)n1.CP(C)(=O)c1c(Nc2nc(Cl)ncc2Cl)ccc2nccnc12. The summed E-state index contributed by atoms with van der Waals surface area (Å²) in [6.45, 7) is 20.1. The van der Waals surface area contributed by atoms with Gasteiger partial charge in [0, 0.05) is 188 Å². The maximum atomic E-state index is 13.5. The lowest BCUT2D eigenvalue weighted by Gasteiger charge is -2.43. The first-order valence-electron chi connectivity index (χ1n) is 33.6. The van der Waals surface area contributed by atoms with E-state index in [2.05, 4.69) is 123 Å². The molecule has 101 heavy (non-hydrogen) atoms. The molecule has 5 N–H and O–H groups in total. The second kappa shape index (κ2) is 31.5. The number of hydrogen-bond donors (Lipinski definition) is 4. The number of likely N-dealkylation sites (N-methyl/N-ethyl adjacent to an activating group) is 2. The van der Waals surface area contributed by atoms with Crippen molar-refractivity contribution in [1.29, 1.82) is 0 Å². The minimum atomic E-state index is -2.79. The van der Waals surface area contributed by atoms with Gasteiger partial charge in [0.2, 0.25) is 11.2 Å². The topological polar surface area (TPSA) is 273 Å². The molecule has 4 aromatic carbocycles. The van der Waals surface area contributed by atoms with Crippen molar-refractivity contribution in [3.8, 4) is 33.8 Å². The number of benzene rings is 4. The molecule has 0 radical (unpaired) electrons. The Balaban J connectivity index is 0.000000159. The number of nitrogen functional groups attached to an aromatic ring is 1. The lowest BCUT2D eigenvalue weighted by molar-refractivity contribution is 0.0982. The molecule has 6 aromatic heterocycles. The third kappa shape index (κ3) is 17.1. The Morgan fingerprint density at radius 1 is 0.495 bits per heavy atom. The minimum absolute atomic E-state index is 0.0650. The first-order valence-corrected chi connectivity index (χ1v) is 39.9. The van der Waals surface area contributed by atoms with Crippen LogP contribution >= 0.6 is 49.1 Å². The van der Waals surface area contributed by atoms with E-state index in [9.17, 15) is 9.13 Å². The van der Waals surface area contributed by atoms with Gasteiger partial charge in [0.25, 0.3) is 0 Å². The fourth-order valence-corrected chi connectivity index (χ4v) is 16.9. The fourth-order valence-electron chi connectivity index (χ4n) is 13.7. The van der Waals surface area contributed by atoms with E-state index in [4.69, 9.17) is 55.0 Å². The quantitative estimate of drug-likeness (QED) is 0.0397. The summed E-state index contributed by atoms with van der Waals surface area (Å²) in [5, 5.41) is 20.4. The predicted octanol–water partition coefficient (Wildman–Crippen LogP) is 11.0. The molecule has 4 saturated heterocycles. The molecule has 0 amide bonds. The van der Waals surface area contributed by atoms with Gasteiger partial charge in [-0.05, 0) is 114 Å². The number of piperazine rings is 2. The van der Waals surface area contributed by atoms with Gasteiger partial charge in [0.05, 0.1) is 83.4 Å². The van der Waals surface area contributed by atoms with Gasteiger partial charge in [-0.15, -0.1) is 0 Å². The van der Waals surface area contributed by atoms with Crippen molar-refractivity contribution in [1.82, 2.24) is 79.0 Å². The van der Waals surface area contributed by atoms with E-state index >= 15 is 0 Å². The number of fused-ring (bicyclic) bond motifs is 2. The maximum absolute atomic E-state index is 13.5. The number of rotatable bonds is 16. The van der Waals surface area contributed by atoms with Crippen LogP contribution in [0.5, 0.6) is 11.5 Å². The second-order valence-corrected chi connectivity index (χ2v) is 34.1. The first-order chi connectivity index (χ1) is 48.5. The Morgan fingerprint density at radius 3 is 1.38 bits per heavy atom. The lowest BCUT2D eigenvalue weighted by Crippen LogP contribution is -2.52. The monoisotopic (exact) mass is 1470 g/mol. The van der Waals surface area contributed by atoms with Gasteiger partial charge < -0.3 is 59.9 Å². The Morgan fingerprint density at radius 2 is 0.931 bits per heavy atom. The van der Waals surface area contributed by atoms with Crippen LogP contribution in [0.25, 0.3) is 44.3 Å². The molecular weight excluding hydrogens is 1380 g/mol. The standard InChI is InChI=1S/C35H43ClN11O2P.C21H32N6O.C14H12Cl2N5OP/c1-44-14-16-46(17-15-44)24-8-12-47(13-9-24)30-19-31(49-3)29(18-25(30)23-20-40-45(2)22-23)42-35-39-21-26(36)34(43-35)41-28-7-6-27-32(38-11-10-37-27)33(28)50(4,5)48;1-24-8-10-26(11-9-24)17-4-6-27(7-5-17)20-13-21(28-3)19(22)12-18(20)16-14-23-25(2)15-16;1-23(2,22)12-10(4-3-9-11(12)18-6-5-17-9)20-13-8(15)7-19-14(16)21-13/h6-7,10-11,18-22,24H,8-9,12-17H2,1-5H3,(H2,39,41,42,43);12-15,17H,4-11,22H2,1-3H3;3-7H,1-2H3,(H,19,20,21). The number of nitrogens with two attached hydrogens (primary N) is 1. The molecule has 26 nitrogen and oxygen atoms in total. The number of piperidine rings is 2. The number of anilines is 9. The number of nitrogens with one attached hydrogen (secondary N) is 3. The zero-order valence-corrected chi connectivity index (χ0v) is 62.7. The molecule has 10 heterocycles. The number of aryl methyl sites for hydroxylation is 2. The van der Waals surface area contributed by atoms with Crippen LogP contribution < -0.4 is 51.6 Å². The molecule has 532 valence electrons. The number of halogens is 3. The molecule has 14 rings (SSSR count). The Kier molecular flexibility index (Phi) is 22.6. The van der Waals surface area contributed by atoms with Crippen molar-refractivity contribution >= 4 is 133 Å². The van der Waals surface area contributed by atoms with E-state index in [1.54, 1.807) is 77.8 Å². The van der Waals surface area contributed by atoms with Gasteiger partial charge in [-0.2, -0.15) is 20.2 Å². The number of nitrogens with zero attached hydrogens (tertiary/aromatic N) is 18. The molecule has 0 unspecified atom stereocenters. The zero-order valence-electron chi connectivity index (χ0n) is 58.6. The summed E-state index contributed by atoms with van der Waals surface area (Å²) >= 11 is 18.5. The van der Waals surface area contributed by atoms with Crippen LogP contribution in [0.2, 0.25) is 15.3 Å². The minimum Gasteiger partial charge on any atom is -0.495 e. The maximum Gasteiger partial charge on any atom is 0.229 e. The first kappa shape index (κ1) is 72.5. The van der Waals surface area contributed by atoms with Crippen molar-refractivity contribution < 1.29 is 18.6 Å². The zero-order chi connectivity index (χ0) is 71.3. The molecular formula is C70H87Cl3N22O4P2. The molecule has 0 atom stereocenters. The van der Waals surface area contributed by atoms with Crippen LogP contribution in [0.4, 0.5) is 51.7 Å². The third-order valence-electron chi connectivity index (χ3n) is 18.9. The third-order valence-corrected chi connectivity index (χ3v) is 22.7. The van der Waals surface area contributed by atoms with Crippen molar-refractivity contribution in [3.63, 3.8) is 0 Å². The number of methoxy groups -OCH3 is 2. The van der Waals surface area contributed by atoms with Gasteiger partial charge >= 0.3 is 0 Å². The summed E-state index contributed by atoms with van der Waals surface area (Å²) < 4.78 is 41.4. The van der Waals surface area contributed by atoms with Gasteiger partial charge in [-0.3, -0.25) is 39.1 Å². The van der Waals surface area contributed by atoms with Crippen LogP contribution in [0, 0.1) is 0 Å². The Hall–Kier alpha value is -8.29. The molecule has 4 aliphatic rings.